The van der Waals surface area contributed by atoms with Gasteiger partial charge in [0.2, 0.25) is 4.77 Å². The lowest BCUT2D eigenvalue weighted by Gasteiger charge is -2.07. The topological polar surface area (TPSA) is 122 Å². The molecule has 6 nitrogen and oxygen atoms in total. The van der Waals surface area contributed by atoms with Crippen LogP contribution < -0.4 is 23.0 Å². The summed E-state index contributed by atoms with van der Waals surface area (Å²) in [4.78, 5) is 3.66. The van der Waals surface area contributed by atoms with E-state index in [1.54, 1.807) is 0 Å². The van der Waals surface area contributed by atoms with E-state index < -0.39 is 0 Å². The van der Waals surface area contributed by atoms with Crippen molar-refractivity contribution in [3.05, 3.63) is 4.77 Å². The molecule has 11 heavy (non-hydrogen) atoms. The highest BCUT2D eigenvalue weighted by Crippen LogP contribution is 2.17. The molecule has 0 saturated carbocycles. The van der Waals surface area contributed by atoms with Crippen LogP contribution in [0.3, 0.4) is 0 Å². The Bertz CT molecular complexity index is 341. The molecule has 0 aliphatic carbocycles. The van der Waals surface area contributed by atoms with E-state index in [9.17, 15) is 0 Å². The summed E-state index contributed by atoms with van der Waals surface area (Å²) in [5.74, 6) is 5.57. The predicted octanol–water partition coefficient (Wildman–Crippen LogP) is -0.927. The van der Waals surface area contributed by atoms with Gasteiger partial charge in [-0.1, -0.05) is 0 Å². The predicted molar refractivity (Wildman–Crippen MR) is 46.4 cm³/mol. The molecule has 0 radical (unpaired) electrons. The van der Waals surface area contributed by atoms with Gasteiger partial charge in [0.05, 0.1) is 0 Å². The standard InChI is InChI=1S/C4H8N6S/c5-1-2(6)9-4(11)10(8)3(1)7/h5,7-8H2,(H2,6,9,11). The number of anilines is 3. The molecule has 0 saturated heterocycles. The van der Waals surface area contributed by atoms with Crippen LogP contribution in [0.25, 0.3) is 0 Å². The Labute approximate surface area is 67.8 Å². The molecule has 60 valence electrons. The number of hydrogen-bond acceptors (Lipinski definition) is 6. The van der Waals surface area contributed by atoms with Crippen molar-refractivity contribution in [1.82, 2.24) is 9.66 Å². The van der Waals surface area contributed by atoms with Gasteiger partial charge in [-0.15, -0.1) is 0 Å². The number of nitrogen functional groups attached to an aromatic ring is 4. The molecule has 7 heteroatoms. The Morgan fingerprint density at radius 3 is 2.36 bits per heavy atom. The van der Waals surface area contributed by atoms with Crippen LogP contribution in [0.2, 0.25) is 0 Å². The van der Waals surface area contributed by atoms with Crippen LogP contribution in [-0.4, -0.2) is 9.66 Å². The number of nitrogens with zero attached hydrogens (tertiary/aromatic N) is 2. The van der Waals surface area contributed by atoms with Gasteiger partial charge in [-0.2, -0.15) is 4.98 Å². The molecule has 1 rings (SSSR count). The van der Waals surface area contributed by atoms with E-state index in [2.05, 4.69) is 4.98 Å². The van der Waals surface area contributed by atoms with Crippen LogP contribution in [0.4, 0.5) is 17.3 Å². The van der Waals surface area contributed by atoms with E-state index in [-0.39, 0.29) is 22.1 Å². The minimum absolute atomic E-state index is 0.106. The summed E-state index contributed by atoms with van der Waals surface area (Å²) in [7, 11) is 0. The zero-order valence-electron chi connectivity index (χ0n) is 5.61. The van der Waals surface area contributed by atoms with Crippen molar-refractivity contribution in [2.24, 2.45) is 0 Å². The lowest BCUT2D eigenvalue weighted by atomic mass is 10.4. The first-order chi connectivity index (χ1) is 5.04. The van der Waals surface area contributed by atoms with Gasteiger partial charge in [-0.25, -0.2) is 4.68 Å². The molecule has 0 unspecified atom stereocenters. The van der Waals surface area contributed by atoms with E-state index in [1.807, 2.05) is 0 Å². The van der Waals surface area contributed by atoms with Crippen molar-refractivity contribution in [2.45, 2.75) is 0 Å². The average Bonchev–Trinajstić information content (AvgIpc) is 1.97. The molecule has 8 N–H and O–H groups in total. The molecule has 0 amide bonds. The largest absolute Gasteiger partial charge is 0.393 e. The van der Waals surface area contributed by atoms with E-state index >= 15 is 0 Å². The van der Waals surface area contributed by atoms with Gasteiger partial charge in [0.1, 0.15) is 5.69 Å². The third kappa shape index (κ3) is 1.05. The third-order valence-corrected chi connectivity index (χ3v) is 1.52. The highest BCUT2D eigenvalue weighted by atomic mass is 32.1. The van der Waals surface area contributed by atoms with E-state index in [1.165, 1.54) is 0 Å². The molecule has 0 aliphatic heterocycles. The summed E-state index contributed by atoms with van der Waals surface area (Å²) in [6.07, 6.45) is 0. The summed E-state index contributed by atoms with van der Waals surface area (Å²) in [6, 6.07) is 0. The Balaban J connectivity index is 3.59. The Kier molecular flexibility index (Phi) is 1.57. The van der Waals surface area contributed by atoms with Gasteiger partial charge in [0.25, 0.3) is 0 Å². The molecule has 0 bridgehead atoms. The molecule has 0 aliphatic rings. The van der Waals surface area contributed by atoms with Gasteiger partial charge in [-0.3, -0.25) is 0 Å². The summed E-state index contributed by atoms with van der Waals surface area (Å²) in [5.41, 5.74) is 16.3. The smallest absolute Gasteiger partial charge is 0.222 e. The van der Waals surface area contributed by atoms with Crippen molar-refractivity contribution in [3.63, 3.8) is 0 Å². The fraction of sp³-hybridized carbons (Fsp3) is 0. The minimum Gasteiger partial charge on any atom is -0.393 e. The van der Waals surface area contributed by atoms with Gasteiger partial charge in [0.15, 0.2) is 11.6 Å². The monoisotopic (exact) mass is 172 g/mol. The lowest BCUT2D eigenvalue weighted by Crippen LogP contribution is -2.19. The van der Waals surface area contributed by atoms with Crippen LogP contribution in [-0.2, 0) is 0 Å². The molecule has 0 spiro atoms. The number of aromatic nitrogens is 2. The molecule has 0 fully saturated rings. The van der Waals surface area contributed by atoms with E-state index in [0.717, 1.165) is 4.68 Å². The third-order valence-electron chi connectivity index (χ3n) is 1.23. The number of nitrogens with two attached hydrogens (primary N) is 4. The zero-order valence-corrected chi connectivity index (χ0v) is 6.43. The molecule has 0 aromatic carbocycles. The van der Waals surface area contributed by atoms with E-state index in [0.29, 0.717) is 0 Å². The summed E-state index contributed by atoms with van der Waals surface area (Å²) >= 11 is 4.70. The van der Waals surface area contributed by atoms with Crippen molar-refractivity contribution in [1.29, 1.82) is 0 Å². The van der Waals surface area contributed by atoms with Crippen LogP contribution in [0.5, 0.6) is 0 Å². The maximum Gasteiger partial charge on any atom is 0.222 e. The molecule has 0 atom stereocenters. The maximum absolute atomic E-state index is 5.41. The lowest BCUT2D eigenvalue weighted by molar-refractivity contribution is 0.932. The molecular weight excluding hydrogens is 164 g/mol. The first-order valence-electron chi connectivity index (χ1n) is 2.72. The first-order valence-corrected chi connectivity index (χ1v) is 3.13. The van der Waals surface area contributed by atoms with Crippen LogP contribution >= 0.6 is 12.2 Å². The van der Waals surface area contributed by atoms with Gasteiger partial charge in [0, 0.05) is 0 Å². The first kappa shape index (κ1) is 7.61. The SMILES string of the molecule is Nc1nc(=S)n(N)c(N)c1N. The minimum atomic E-state index is 0.106. The number of hydrogen-bond donors (Lipinski definition) is 4. The highest BCUT2D eigenvalue weighted by molar-refractivity contribution is 7.71. The fourth-order valence-corrected chi connectivity index (χ4v) is 0.778. The van der Waals surface area contributed by atoms with Gasteiger partial charge >= 0.3 is 0 Å². The summed E-state index contributed by atoms with van der Waals surface area (Å²) in [5, 5.41) is 0. The zero-order chi connectivity index (χ0) is 8.59. The quantitative estimate of drug-likeness (QED) is 0.296. The molecule has 1 aromatic heterocycles. The van der Waals surface area contributed by atoms with Crippen molar-refractivity contribution in [3.8, 4) is 0 Å². The van der Waals surface area contributed by atoms with Crippen molar-refractivity contribution in [2.75, 3.05) is 23.0 Å². The average molecular weight is 172 g/mol. The van der Waals surface area contributed by atoms with Gasteiger partial charge in [-0.05, 0) is 12.2 Å². The second kappa shape index (κ2) is 2.27. The maximum atomic E-state index is 5.41. The second-order valence-electron chi connectivity index (χ2n) is 1.95. The summed E-state index contributed by atoms with van der Waals surface area (Å²) in [6.45, 7) is 0. The number of rotatable bonds is 0. The van der Waals surface area contributed by atoms with Crippen LogP contribution in [0.1, 0.15) is 0 Å². The fourth-order valence-electron chi connectivity index (χ4n) is 0.581. The molecule has 1 heterocycles. The molecular formula is C4H8N6S. The molecule has 1 aromatic rings. The Morgan fingerprint density at radius 1 is 1.27 bits per heavy atom. The Hall–Kier alpha value is -1.50. The van der Waals surface area contributed by atoms with Crippen LogP contribution in [0, 0.1) is 4.77 Å². The van der Waals surface area contributed by atoms with E-state index in [4.69, 9.17) is 35.3 Å². The van der Waals surface area contributed by atoms with Crippen molar-refractivity contribution < 1.29 is 0 Å². The second-order valence-corrected chi connectivity index (χ2v) is 2.31. The van der Waals surface area contributed by atoms with Crippen molar-refractivity contribution >= 4 is 29.5 Å². The Morgan fingerprint density at radius 2 is 1.82 bits per heavy atom. The van der Waals surface area contributed by atoms with Crippen LogP contribution in [0.15, 0.2) is 0 Å². The normalized spacial score (nSPS) is 9.82. The highest BCUT2D eigenvalue weighted by Gasteiger charge is 2.04. The summed E-state index contributed by atoms with van der Waals surface area (Å²) < 4.78 is 1.11. The van der Waals surface area contributed by atoms with Gasteiger partial charge < -0.3 is 23.0 Å².